The van der Waals surface area contributed by atoms with E-state index in [1.54, 1.807) is 0 Å². The van der Waals surface area contributed by atoms with Gasteiger partial charge in [-0.15, -0.1) is 0 Å². The van der Waals surface area contributed by atoms with E-state index < -0.39 is 0 Å². The van der Waals surface area contributed by atoms with Crippen LogP contribution in [0.4, 0.5) is 0 Å². The third kappa shape index (κ3) is 14.1. The van der Waals surface area contributed by atoms with Crippen LogP contribution in [0, 0.1) is 0 Å². The largest absolute Gasteiger partial charge is 2.00 e. The Hall–Kier alpha value is 0.802. The smallest absolute Gasteiger partial charge is 0.412 e. The second-order valence-corrected chi connectivity index (χ2v) is 0. The van der Waals surface area contributed by atoms with E-state index in [2.05, 4.69) is 0 Å². The molecule has 0 radical (unpaired) electrons. The molecule has 0 fully saturated rings. The molecule has 0 aliphatic rings. The van der Waals surface area contributed by atoms with E-state index in [1.165, 1.54) is 0 Å². The fourth-order valence-electron chi connectivity index (χ4n) is 0. The maximum absolute atomic E-state index is 0. The second-order valence-electron chi connectivity index (χ2n) is 0. The quantitative estimate of drug-likeness (QED) is 0.357. The first-order valence-corrected chi connectivity index (χ1v) is 0. The molecule has 0 saturated carbocycles. The van der Waals surface area contributed by atoms with Crippen LogP contribution in [0.5, 0.6) is 0 Å². The van der Waals surface area contributed by atoms with Crippen molar-refractivity contribution in [3.05, 3.63) is 0 Å². The van der Waals surface area contributed by atoms with E-state index in [0.717, 1.165) is 0 Å². The molecule has 6 N–H and O–H groups in total. The summed E-state index contributed by atoms with van der Waals surface area (Å²) in [5, 5.41) is 0. The summed E-state index contributed by atoms with van der Waals surface area (Å²) in [5.74, 6) is 0. The summed E-state index contributed by atoms with van der Waals surface area (Å²) < 4.78 is 0. The molecule has 0 amide bonds. The Morgan fingerprint density at radius 1 is 0.500 bits per heavy atom. The van der Waals surface area contributed by atoms with E-state index in [9.17, 15) is 0 Å². The summed E-state index contributed by atoms with van der Waals surface area (Å²) in [7, 11) is 0. The zero-order chi connectivity index (χ0) is 0. The summed E-state index contributed by atoms with van der Waals surface area (Å²) in [4.78, 5) is 0. The monoisotopic (exact) mass is 168 g/mol. The van der Waals surface area contributed by atoms with Crippen LogP contribution in [-0.4, -0.2) is 16.4 Å². The number of rotatable bonds is 0. The summed E-state index contributed by atoms with van der Waals surface area (Å²) >= 11 is 0. The van der Waals surface area contributed by atoms with Crippen LogP contribution in [0.25, 0.3) is 0 Å². The first-order chi connectivity index (χ1) is 0. The summed E-state index contributed by atoms with van der Waals surface area (Å²) in [6.07, 6.45) is 0. The van der Waals surface area contributed by atoms with Gasteiger partial charge >= 0.3 is 27.3 Å². The maximum atomic E-state index is 0. The van der Waals surface area contributed by atoms with Crippen LogP contribution in [0.1, 0.15) is 0 Å². The van der Waals surface area contributed by atoms with Crippen molar-refractivity contribution in [3.8, 4) is 0 Å². The Morgan fingerprint density at radius 3 is 0.500 bits per heavy atom. The zero-order valence-electron chi connectivity index (χ0n) is 2.21. The van der Waals surface area contributed by atoms with Gasteiger partial charge in [0.05, 0.1) is 0 Å². The van der Waals surface area contributed by atoms with E-state index in [0.29, 0.717) is 0 Å². The van der Waals surface area contributed by atoms with Crippen molar-refractivity contribution in [3.63, 3.8) is 0 Å². The first kappa shape index (κ1) is 108. The van der Waals surface area contributed by atoms with Crippen LogP contribution in [0.3, 0.4) is 0 Å². The molecule has 0 aromatic rings. The van der Waals surface area contributed by atoms with Crippen molar-refractivity contribution in [1.82, 2.24) is 0 Å². The molecule has 4 heteroatoms. The first-order valence-electron chi connectivity index (χ1n) is 0. The Labute approximate surface area is 44.1 Å². The molecule has 0 spiro atoms. The molecule has 0 aromatic heterocycles. The molecular formula is H6CdO3+2. The van der Waals surface area contributed by atoms with Gasteiger partial charge in [-0.2, -0.15) is 0 Å². The molecule has 24 valence electrons. The van der Waals surface area contributed by atoms with Crippen molar-refractivity contribution < 1.29 is 43.7 Å². The van der Waals surface area contributed by atoms with Crippen LogP contribution in [0.2, 0.25) is 0 Å². The number of hydrogen-bond donors (Lipinski definition) is 0. The zero-order valence-corrected chi connectivity index (χ0v) is 6.24. The van der Waals surface area contributed by atoms with E-state index in [1.807, 2.05) is 0 Å². The summed E-state index contributed by atoms with van der Waals surface area (Å²) in [5.41, 5.74) is 0. The molecule has 0 aliphatic heterocycles. The maximum Gasteiger partial charge on any atom is 2.00 e. The average molecular weight is 166 g/mol. The van der Waals surface area contributed by atoms with Crippen molar-refractivity contribution in [2.45, 2.75) is 0 Å². The van der Waals surface area contributed by atoms with Gasteiger partial charge in [0.25, 0.3) is 0 Å². The SMILES string of the molecule is O.O.O.[Cd+2]. The van der Waals surface area contributed by atoms with Crippen molar-refractivity contribution in [2.75, 3.05) is 0 Å². The molecule has 4 heavy (non-hydrogen) atoms. The van der Waals surface area contributed by atoms with Gasteiger partial charge in [0.2, 0.25) is 0 Å². The van der Waals surface area contributed by atoms with Crippen LogP contribution >= 0.6 is 0 Å². The van der Waals surface area contributed by atoms with E-state index >= 15 is 0 Å². The van der Waals surface area contributed by atoms with Crippen LogP contribution in [0.15, 0.2) is 0 Å². The molecule has 0 aromatic carbocycles. The van der Waals surface area contributed by atoms with Crippen molar-refractivity contribution in [1.29, 1.82) is 0 Å². The molecule has 0 atom stereocenters. The van der Waals surface area contributed by atoms with Gasteiger partial charge < -0.3 is 16.4 Å². The van der Waals surface area contributed by atoms with Gasteiger partial charge in [0, 0.05) is 0 Å². The average Bonchev–Trinajstić information content (AvgIpc) is 0. The molecule has 0 heterocycles. The summed E-state index contributed by atoms with van der Waals surface area (Å²) in [6, 6.07) is 0. The van der Waals surface area contributed by atoms with Gasteiger partial charge in [0.1, 0.15) is 0 Å². The normalized spacial score (nSPS) is 0. The van der Waals surface area contributed by atoms with Crippen molar-refractivity contribution >= 4 is 0 Å². The standard InChI is InChI=1S/Cd.3H2O/h;3*1H2/q+2;;;. The van der Waals surface area contributed by atoms with Gasteiger partial charge in [-0.1, -0.05) is 0 Å². The topological polar surface area (TPSA) is 94.5 Å². The van der Waals surface area contributed by atoms with Gasteiger partial charge in [-0.25, -0.2) is 0 Å². The Morgan fingerprint density at radius 2 is 0.500 bits per heavy atom. The molecule has 0 unspecified atom stereocenters. The summed E-state index contributed by atoms with van der Waals surface area (Å²) in [6.45, 7) is 0. The minimum Gasteiger partial charge on any atom is -0.412 e. The Balaban J connectivity index is 0. The Kier molecular flexibility index (Phi) is 1250. The molecular weight excluding hydrogens is 160 g/mol. The predicted molar refractivity (Wildman–Crippen MR) is 10.8 cm³/mol. The molecule has 3 nitrogen and oxygen atoms in total. The third-order valence-electron chi connectivity index (χ3n) is 0. The molecule has 0 saturated heterocycles. The Bertz CT molecular complexity index is 3.25. The fourth-order valence-corrected chi connectivity index (χ4v) is 0. The minimum absolute atomic E-state index is 0. The fraction of sp³-hybridized carbons (Fsp3) is 0. The predicted octanol–water partition coefficient (Wildman–Crippen LogP) is -2.48. The van der Waals surface area contributed by atoms with Gasteiger partial charge in [-0.05, 0) is 0 Å². The minimum atomic E-state index is 0. The molecule has 0 rings (SSSR count). The van der Waals surface area contributed by atoms with Gasteiger partial charge in [-0.3, -0.25) is 0 Å². The van der Waals surface area contributed by atoms with Crippen LogP contribution < -0.4 is 0 Å². The van der Waals surface area contributed by atoms with E-state index in [-0.39, 0.29) is 43.7 Å². The molecule has 0 aliphatic carbocycles. The second kappa shape index (κ2) is 46.4. The van der Waals surface area contributed by atoms with Crippen molar-refractivity contribution in [2.24, 2.45) is 0 Å². The van der Waals surface area contributed by atoms with E-state index in [4.69, 9.17) is 0 Å². The third-order valence-corrected chi connectivity index (χ3v) is 0. The number of hydrogen-bond acceptors (Lipinski definition) is 0. The molecule has 0 bridgehead atoms. The van der Waals surface area contributed by atoms with Crippen LogP contribution in [-0.2, 0) is 27.3 Å². The van der Waals surface area contributed by atoms with Gasteiger partial charge in [0.15, 0.2) is 0 Å².